The molecule has 1 aromatic rings. The highest BCUT2D eigenvalue weighted by molar-refractivity contribution is 7.74. The quantitative estimate of drug-likeness (QED) is 0.461. The number of hydrogen-bond acceptors (Lipinski definition) is 6. The number of ether oxygens (including phenoxy) is 1. The minimum atomic E-state index is -2.79. The minimum absolute atomic E-state index is 0.0627. The molecular weight excluding hydrogens is 262 g/mol. The molecule has 0 N–H and O–H groups in total. The second-order valence-corrected chi connectivity index (χ2v) is 4.30. The Bertz CT molecular complexity index is 488. The summed E-state index contributed by atoms with van der Waals surface area (Å²) in [4.78, 5) is 10.4. The molecule has 1 atom stereocenters. The van der Waals surface area contributed by atoms with E-state index in [1.165, 1.54) is 19.2 Å². The summed E-state index contributed by atoms with van der Waals surface area (Å²) in [5.41, 5.74) is -0.0981. The molecule has 18 heavy (non-hydrogen) atoms. The Morgan fingerprint density at radius 1 is 1.33 bits per heavy atom. The van der Waals surface area contributed by atoms with Gasteiger partial charge < -0.3 is 13.5 Å². The molecule has 7 nitrogen and oxygen atoms in total. The van der Waals surface area contributed by atoms with Crippen molar-refractivity contribution in [2.75, 3.05) is 7.11 Å². The van der Waals surface area contributed by atoms with Crippen molar-refractivity contribution in [3.63, 3.8) is 0 Å². The van der Waals surface area contributed by atoms with Crippen LogP contribution in [0.4, 0.5) is 5.69 Å². The highest BCUT2D eigenvalue weighted by Crippen LogP contribution is 2.41. The van der Waals surface area contributed by atoms with Crippen LogP contribution in [-0.4, -0.2) is 20.8 Å². The van der Waals surface area contributed by atoms with Crippen molar-refractivity contribution in [2.24, 2.45) is 0 Å². The first-order valence-electron chi connectivity index (χ1n) is 5.01. The first-order valence-corrected chi connectivity index (χ1v) is 6.01. The number of nitrogens with zero attached hydrogens (tertiary/aromatic N) is 1. The second-order valence-electron chi connectivity index (χ2n) is 3.73. The lowest BCUT2D eigenvalue weighted by atomic mass is 9.99. The molecule has 0 aliphatic rings. The molecule has 0 aliphatic heterocycles. The van der Waals surface area contributed by atoms with E-state index >= 15 is 0 Å². The Morgan fingerprint density at radius 2 is 1.89 bits per heavy atom. The van der Waals surface area contributed by atoms with Gasteiger partial charge in [-0.2, -0.15) is 0 Å². The first-order chi connectivity index (χ1) is 8.38. The Hall–Kier alpha value is -1.67. The molecular formula is C10H12NO6S-. The van der Waals surface area contributed by atoms with Gasteiger partial charge in [0.15, 0.2) is 5.75 Å². The van der Waals surface area contributed by atoms with Crippen LogP contribution in [0.3, 0.4) is 0 Å². The zero-order valence-electron chi connectivity index (χ0n) is 10.0. The van der Waals surface area contributed by atoms with E-state index in [1.807, 2.05) is 0 Å². The average molecular weight is 274 g/mol. The molecule has 0 saturated carbocycles. The fourth-order valence-electron chi connectivity index (χ4n) is 1.63. The third-order valence-corrected chi connectivity index (χ3v) is 2.59. The predicted molar refractivity (Wildman–Crippen MR) is 63.3 cm³/mol. The van der Waals surface area contributed by atoms with Gasteiger partial charge in [0.25, 0.3) is 0 Å². The van der Waals surface area contributed by atoms with E-state index in [-0.39, 0.29) is 28.7 Å². The molecule has 0 aliphatic carbocycles. The van der Waals surface area contributed by atoms with Crippen LogP contribution < -0.4 is 8.92 Å². The van der Waals surface area contributed by atoms with Gasteiger partial charge in [0.2, 0.25) is 0 Å². The predicted octanol–water partition coefficient (Wildman–Crippen LogP) is 1.90. The fourth-order valence-corrected chi connectivity index (χ4v) is 1.92. The van der Waals surface area contributed by atoms with E-state index in [2.05, 4.69) is 4.18 Å². The van der Waals surface area contributed by atoms with Gasteiger partial charge in [-0.3, -0.25) is 10.1 Å². The summed E-state index contributed by atoms with van der Waals surface area (Å²) in [6.07, 6.45) is 0. The molecule has 1 rings (SSSR count). The van der Waals surface area contributed by atoms with Crippen LogP contribution in [0.1, 0.15) is 25.3 Å². The normalized spacial score (nSPS) is 12.3. The third kappa shape index (κ3) is 2.96. The molecule has 0 aromatic heterocycles. The number of methoxy groups -OCH3 is 1. The van der Waals surface area contributed by atoms with E-state index in [0.29, 0.717) is 0 Å². The zero-order chi connectivity index (χ0) is 13.9. The summed E-state index contributed by atoms with van der Waals surface area (Å²) >= 11 is -2.79. The van der Waals surface area contributed by atoms with E-state index in [1.54, 1.807) is 13.8 Å². The van der Waals surface area contributed by atoms with Gasteiger partial charge in [-0.15, -0.1) is 0 Å². The van der Waals surface area contributed by atoms with Gasteiger partial charge in [0.1, 0.15) is 17.1 Å². The molecule has 0 bridgehead atoms. The molecule has 0 amide bonds. The smallest absolute Gasteiger partial charge is 0.318 e. The van der Waals surface area contributed by atoms with E-state index in [4.69, 9.17) is 4.74 Å². The zero-order valence-corrected chi connectivity index (χ0v) is 10.9. The number of hydrogen-bond donors (Lipinski definition) is 0. The Labute approximate surface area is 106 Å². The molecule has 8 heteroatoms. The molecule has 0 fully saturated rings. The second kappa shape index (κ2) is 5.78. The maximum Gasteiger partial charge on any atom is 0.318 e. The molecule has 0 radical (unpaired) electrons. The lowest BCUT2D eigenvalue weighted by Crippen LogP contribution is -2.06. The lowest BCUT2D eigenvalue weighted by Gasteiger charge is -2.16. The number of nitro groups is 1. The van der Waals surface area contributed by atoms with Crippen molar-refractivity contribution in [2.45, 2.75) is 19.8 Å². The Morgan fingerprint density at radius 3 is 2.28 bits per heavy atom. The van der Waals surface area contributed by atoms with Gasteiger partial charge in [-0.25, -0.2) is 4.21 Å². The van der Waals surface area contributed by atoms with Crippen LogP contribution in [0.15, 0.2) is 12.1 Å². The van der Waals surface area contributed by atoms with Crippen molar-refractivity contribution in [1.29, 1.82) is 0 Å². The van der Waals surface area contributed by atoms with Gasteiger partial charge in [0, 0.05) is 0 Å². The number of rotatable bonds is 5. The third-order valence-electron chi connectivity index (χ3n) is 2.28. The highest BCUT2D eigenvalue weighted by atomic mass is 32.2. The van der Waals surface area contributed by atoms with Crippen molar-refractivity contribution >= 4 is 17.0 Å². The molecule has 0 spiro atoms. The monoisotopic (exact) mass is 274 g/mol. The van der Waals surface area contributed by atoms with Gasteiger partial charge in [0.05, 0.1) is 17.6 Å². The average Bonchev–Trinajstić information content (AvgIpc) is 2.26. The number of benzene rings is 1. The summed E-state index contributed by atoms with van der Waals surface area (Å²) in [7, 11) is 1.30. The maximum absolute atomic E-state index is 11.1. The first kappa shape index (κ1) is 14.4. The molecule has 0 heterocycles. The largest absolute Gasteiger partial charge is 0.740 e. The van der Waals surface area contributed by atoms with Crippen LogP contribution in [0.2, 0.25) is 0 Å². The van der Waals surface area contributed by atoms with E-state index in [0.717, 1.165) is 0 Å². The van der Waals surface area contributed by atoms with Crippen LogP contribution >= 0.6 is 0 Å². The van der Waals surface area contributed by atoms with Crippen LogP contribution in [0.25, 0.3) is 0 Å². The van der Waals surface area contributed by atoms with Crippen LogP contribution in [0.5, 0.6) is 11.5 Å². The molecule has 100 valence electrons. The highest BCUT2D eigenvalue weighted by Gasteiger charge is 2.27. The van der Waals surface area contributed by atoms with Gasteiger partial charge in [-0.1, -0.05) is 13.8 Å². The molecule has 1 unspecified atom stereocenters. The number of nitro benzene ring substituents is 1. The van der Waals surface area contributed by atoms with E-state index < -0.39 is 16.3 Å². The summed E-state index contributed by atoms with van der Waals surface area (Å²) in [6.45, 7) is 3.39. The van der Waals surface area contributed by atoms with E-state index in [9.17, 15) is 18.9 Å². The van der Waals surface area contributed by atoms with Gasteiger partial charge in [-0.05, 0) is 18.1 Å². The summed E-state index contributed by atoms with van der Waals surface area (Å²) in [5, 5.41) is 11.1. The maximum atomic E-state index is 11.1. The van der Waals surface area contributed by atoms with Gasteiger partial charge >= 0.3 is 5.69 Å². The SMILES string of the molecule is COc1ccc(OS(=O)[O-])c(C(C)C)c1[N+](=O)[O-]. The Kier molecular flexibility index (Phi) is 4.62. The van der Waals surface area contributed by atoms with Crippen molar-refractivity contribution in [3.8, 4) is 11.5 Å². The van der Waals surface area contributed by atoms with Crippen LogP contribution in [-0.2, 0) is 11.4 Å². The minimum Gasteiger partial charge on any atom is -0.740 e. The summed E-state index contributed by atoms with van der Waals surface area (Å²) in [5.74, 6) is -0.294. The summed E-state index contributed by atoms with van der Waals surface area (Å²) in [6, 6.07) is 2.63. The van der Waals surface area contributed by atoms with Crippen molar-refractivity contribution in [1.82, 2.24) is 0 Å². The Balaban J connectivity index is 3.51. The standard InChI is InChI=1S/C10H13NO6S/c1-6(2)9-7(17-18(14)15)4-5-8(16-3)10(9)11(12)13/h4-6H,1-3H3,(H,14,15)/p-1. The summed E-state index contributed by atoms with van der Waals surface area (Å²) < 4.78 is 30.6. The fraction of sp³-hybridized carbons (Fsp3) is 0.400. The molecule has 1 aromatic carbocycles. The lowest BCUT2D eigenvalue weighted by molar-refractivity contribution is -0.386. The molecule has 0 saturated heterocycles. The topological polar surface area (TPSA) is 102 Å². The van der Waals surface area contributed by atoms with Crippen LogP contribution in [0, 0.1) is 10.1 Å². The van der Waals surface area contributed by atoms with Crippen molar-refractivity contribution < 1.29 is 22.6 Å². The van der Waals surface area contributed by atoms with Crippen molar-refractivity contribution in [3.05, 3.63) is 27.8 Å².